The topological polar surface area (TPSA) is 15.3 Å². The van der Waals surface area contributed by atoms with Crippen LogP contribution >= 0.6 is 0 Å². The van der Waals surface area contributed by atoms with Crippen LogP contribution in [-0.2, 0) is 6.42 Å². The van der Waals surface area contributed by atoms with Gasteiger partial charge in [0.1, 0.15) is 0 Å². The minimum atomic E-state index is -0.775. The van der Waals surface area contributed by atoms with Gasteiger partial charge in [-0.05, 0) is 50.6 Å². The third kappa shape index (κ3) is 4.55. The summed E-state index contributed by atoms with van der Waals surface area (Å²) in [6.45, 7) is 2.99. The molecular weight excluding hydrogens is 246 g/mol. The summed E-state index contributed by atoms with van der Waals surface area (Å²) in [6, 6.07) is 4.73. The van der Waals surface area contributed by atoms with Gasteiger partial charge in [-0.3, -0.25) is 0 Å². The largest absolute Gasteiger partial charge is 0.313 e. The molecule has 1 aromatic rings. The lowest BCUT2D eigenvalue weighted by Crippen LogP contribution is -2.42. The lowest BCUT2D eigenvalue weighted by Gasteiger charge is -2.28. The molecule has 1 heterocycles. The molecule has 19 heavy (non-hydrogen) atoms. The number of likely N-dealkylation sites (N-methyl/N-ethyl adjacent to an activating group) is 1. The maximum atomic E-state index is 13.1. The molecule has 0 bridgehead atoms. The van der Waals surface area contributed by atoms with Gasteiger partial charge in [-0.1, -0.05) is 12.5 Å². The lowest BCUT2D eigenvalue weighted by molar-refractivity contribution is 0.264. The third-order valence-corrected chi connectivity index (χ3v) is 3.71. The molecule has 4 heteroatoms. The fourth-order valence-corrected chi connectivity index (χ4v) is 2.56. The Hall–Kier alpha value is -1.00. The van der Waals surface area contributed by atoms with Crippen LogP contribution in [0.1, 0.15) is 24.8 Å². The molecule has 1 N–H and O–H groups in total. The molecule has 1 aliphatic heterocycles. The number of hydrogen-bond acceptors (Lipinski definition) is 2. The van der Waals surface area contributed by atoms with E-state index >= 15 is 0 Å². The molecule has 1 fully saturated rings. The van der Waals surface area contributed by atoms with E-state index in [1.54, 1.807) is 6.07 Å². The normalized spacial score (nSPS) is 19.9. The maximum Gasteiger partial charge on any atom is 0.159 e. The lowest BCUT2D eigenvalue weighted by atomic mass is 10.0. The SMILES string of the molecule is CN(CCc1ccc(F)c(F)c1)CC1CCCCN1. The molecule has 0 aromatic heterocycles. The zero-order valence-electron chi connectivity index (χ0n) is 11.5. The van der Waals surface area contributed by atoms with Crippen molar-refractivity contribution in [3.63, 3.8) is 0 Å². The Kier molecular flexibility index (Phi) is 5.28. The van der Waals surface area contributed by atoms with E-state index in [0.29, 0.717) is 6.04 Å². The van der Waals surface area contributed by atoms with Crippen molar-refractivity contribution in [1.82, 2.24) is 10.2 Å². The highest BCUT2D eigenvalue weighted by atomic mass is 19.2. The summed E-state index contributed by atoms with van der Waals surface area (Å²) in [5.41, 5.74) is 0.849. The zero-order valence-corrected chi connectivity index (χ0v) is 11.5. The molecule has 1 atom stereocenters. The van der Waals surface area contributed by atoms with Gasteiger partial charge in [0.25, 0.3) is 0 Å². The molecule has 1 saturated heterocycles. The Morgan fingerprint density at radius 1 is 1.26 bits per heavy atom. The molecule has 0 saturated carbocycles. The summed E-state index contributed by atoms with van der Waals surface area (Å²) in [5, 5.41) is 3.51. The molecular formula is C15H22F2N2. The van der Waals surface area contributed by atoms with Gasteiger partial charge in [0.15, 0.2) is 11.6 Å². The van der Waals surface area contributed by atoms with Crippen LogP contribution in [0.5, 0.6) is 0 Å². The first-order valence-electron chi connectivity index (χ1n) is 7.01. The van der Waals surface area contributed by atoms with Gasteiger partial charge in [0.2, 0.25) is 0 Å². The number of rotatable bonds is 5. The van der Waals surface area contributed by atoms with Crippen LogP contribution in [0.3, 0.4) is 0 Å². The Balaban J connectivity index is 1.75. The second-order valence-corrected chi connectivity index (χ2v) is 5.41. The van der Waals surface area contributed by atoms with E-state index < -0.39 is 11.6 Å². The van der Waals surface area contributed by atoms with E-state index in [2.05, 4.69) is 17.3 Å². The Morgan fingerprint density at radius 3 is 2.79 bits per heavy atom. The van der Waals surface area contributed by atoms with Crippen LogP contribution in [0.2, 0.25) is 0 Å². The van der Waals surface area contributed by atoms with Gasteiger partial charge in [-0.2, -0.15) is 0 Å². The van der Waals surface area contributed by atoms with Crippen LogP contribution in [0.15, 0.2) is 18.2 Å². The average molecular weight is 268 g/mol. The van der Waals surface area contributed by atoms with Gasteiger partial charge in [-0.25, -0.2) is 8.78 Å². The first-order chi connectivity index (χ1) is 9.15. The van der Waals surface area contributed by atoms with Gasteiger partial charge in [0.05, 0.1) is 0 Å². The molecule has 1 aromatic carbocycles. The number of hydrogen-bond donors (Lipinski definition) is 1. The summed E-state index contributed by atoms with van der Waals surface area (Å²) in [4.78, 5) is 2.25. The van der Waals surface area contributed by atoms with Gasteiger partial charge in [0, 0.05) is 19.1 Å². The Bertz CT molecular complexity index is 403. The van der Waals surface area contributed by atoms with Crippen molar-refractivity contribution in [3.8, 4) is 0 Å². The van der Waals surface area contributed by atoms with Crippen molar-refractivity contribution in [3.05, 3.63) is 35.4 Å². The predicted octanol–water partition coefficient (Wildman–Crippen LogP) is 2.58. The Labute approximate surface area is 113 Å². The summed E-state index contributed by atoms with van der Waals surface area (Å²) in [6.07, 6.45) is 4.56. The fourth-order valence-electron chi connectivity index (χ4n) is 2.56. The van der Waals surface area contributed by atoms with E-state index in [4.69, 9.17) is 0 Å². The van der Waals surface area contributed by atoms with E-state index in [0.717, 1.165) is 31.6 Å². The van der Waals surface area contributed by atoms with Crippen LogP contribution in [0.25, 0.3) is 0 Å². The third-order valence-electron chi connectivity index (χ3n) is 3.71. The smallest absolute Gasteiger partial charge is 0.159 e. The van der Waals surface area contributed by atoms with Gasteiger partial charge in [-0.15, -0.1) is 0 Å². The molecule has 0 spiro atoms. The van der Waals surface area contributed by atoms with Crippen molar-refractivity contribution >= 4 is 0 Å². The molecule has 2 nitrogen and oxygen atoms in total. The second kappa shape index (κ2) is 6.96. The van der Waals surface area contributed by atoms with E-state index in [1.807, 2.05) is 0 Å². The Morgan fingerprint density at radius 2 is 2.11 bits per heavy atom. The highest BCUT2D eigenvalue weighted by molar-refractivity contribution is 5.18. The standard InChI is InChI=1S/C15H22F2N2/c1-19(11-13-4-2-3-8-18-13)9-7-12-5-6-14(16)15(17)10-12/h5-6,10,13,18H,2-4,7-9,11H2,1H3. The maximum absolute atomic E-state index is 13.1. The summed E-state index contributed by atoms with van der Waals surface area (Å²) in [5.74, 6) is -1.53. The molecule has 2 rings (SSSR count). The number of piperidine rings is 1. The zero-order chi connectivity index (χ0) is 13.7. The number of benzene rings is 1. The summed E-state index contributed by atoms with van der Waals surface area (Å²) in [7, 11) is 2.08. The predicted molar refractivity (Wildman–Crippen MR) is 73.2 cm³/mol. The molecule has 0 aliphatic carbocycles. The molecule has 1 aliphatic rings. The van der Waals surface area contributed by atoms with Crippen molar-refractivity contribution in [2.24, 2.45) is 0 Å². The van der Waals surface area contributed by atoms with Crippen molar-refractivity contribution in [2.45, 2.75) is 31.7 Å². The highest BCUT2D eigenvalue weighted by Gasteiger charge is 2.14. The second-order valence-electron chi connectivity index (χ2n) is 5.41. The minimum Gasteiger partial charge on any atom is -0.313 e. The first kappa shape index (κ1) is 14.4. The van der Waals surface area contributed by atoms with E-state index in [9.17, 15) is 8.78 Å². The highest BCUT2D eigenvalue weighted by Crippen LogP contribution is 2.11. The fraction of sp³-hybridized carbons (Fsp3) is 0.600. The number of nitrogens with one attached hydrogen (secondary N) is 1. The van der Waals surface area contributed by atoms with E-state index in [1.165, 1.54) is 31.4 Å². The summed E-state index contributed by atoms with van der Waals surface area (Å²) < 4.78 is 25.9. The van der Waals surface area contributed by atoms with Crippen LogP contribution in [0, 0.1) is 11.6 Å². The molecule has 106 valence electrons. The minimum absolute atomic E-state index is 0.573. The molecule has 1 unspecified atom stereocenters. The van der Waals surface area contributed by atoms with Gasteiger partial charge < -0.3 is 10.2 Å². The van der Waals surface area contributed by atoms with E-state index in [-0.39, 0.29) is 0 Å². The van der Waals surface area contributed by atoms with Crippen molar-refractivity contribution in [1.29, 1.82) is 0 Å². The van der Waals surface area contributed by atoms with Crippen LogP contribution in [0.4, 0.5) is 8.78 Å². The number of halogens is 2. The van der Waals surface area contributed by atoms with Crippen molar-refractivity contribution < 1.29 is 8.78 Å². The van der Waals surface area contributed by atoms with Gasteiger partial charge >= 0.3 is 0 Å². The van der Waals surface area contributed by atoms with Crippen LogP contribution in [-0.4, -0.2) is 37.6 Å². The quantitative estimate of drug-likeness (QED) is 0.883. The van der Waals surface area contributed by atoms with Crippen LogP contribution < -0.4 is 5.32 Å². The van der Waals surface area contributed by atoms with Crippen molar-refractivity contribution in [2.75, 3.05) is 26.7 Å². The summed E-state index contributed by atoms with van der Waals surface area (Å²) >= 11 is 0. The monoisotopic (exact) mass is 268 g/mol. The molecule has 0 amide bonds. The molecule has 0 radical (unpaired) electrons. The average Bonchev–Trinajstić information content (AvgIpc) is 2.41. The first-order valence-corrected chi connectivity index (χ1v) is 7.01. The number of nitrogens with zero attached hydrogens (tertiary/aromatic N) is 1.